The summed E-state index contributed by atoms with van der Waals surface area (Å²) in [6.07, 6.45) is 1.18. The first-order valence-corrected chi connectivity index (χ1v) is 4.34. The summed E-state index contributed by atoms with van der Waals surface area (Å²) < 4.78 is 0. The third kappa shape index (κ3) is 2.41. The summed E-state index contributed by atoms with van der Waals surface area (Å²) in [6, 6.07) is 1.09. The molecule has 0 saturated carbocycles. The highest BCUT2D eigenvalue weighted by Crippen LogP contribution is 2.26. The quantitative estimate of drug-likeness (QED) is 0.632. The Kier molecular flexibility index (Phi) is 3.21. The van der Waals surface area contributed by atoms with Crippen LogP contribution in [-0.4, -0.2) is 21.0 Å². The molecule has 6 nitrogen and oxygen atoms in total. The molecule has 1 atom stereocenters. The summed E-state index contributed by atoms with van der Waals surface area (Å²) in [5, 5.41) is 19.4. The lowest BCUT2D eigenvalue weighted by atomic mass is 10.1. The summed E-state index contributed by atoms with van der Waals surface area (Å²) >= 11 is 5.53. The van der Waals surface area contributed by atoms with Crippen molar-refractivity contribution in [3.05, 3.63) is 33.1 Å². The van der Waals surface area contributed by atoms with Crippen LogP contribution in [0.1, 0.15) is 18.5 Å². The van der Waals surface area contributed by atoms with Crippen molar-refractivity contribution >= 4 is 23.3 Å². The second kappa shape index (κ2) is 4.22. The number of carboxylic acid groups (broad SMARTS) is 1. The van der Waals surface area contributed by atoms with Gasteiger partial charge >= 0.3 is 5.97 Å². The lowest BCUT2D eigenvalue weighted by Crippen LogP contribution is -2.11. The van der Waals surface area contributed by atoms with E-state index < -0.39 is 16.8 Å². The van der Waals surface area contributed by atoms with E-state index in [-0.39, 0.29) is 16.4 Å². The van der Waals surface area contributed by atoms with Gasteiger partial charge in [0.25, 0.3) is 5.69 Å². The first-order valence-electron chi connectivity index (χ1n) is 3.96. The smallest absolute Gasteiger partial charge is 0.312 e. The van der Waals surface area contributed by atoms with Crippen molar-refractivity contribution in [1.82, 2.24) is 4.98 Å². The summed E-state index contributed by atoms with van der Waals surface area (Å²) in [5.41, 5.74) is -0.477. The number of hydrogen-bond donors (Lipinski definition) is 1. The number of pyridine rings is 1. The van der Waals surface area contributed by atoms with Crippen molar-refractivity contribution in [3.8, 4) is 0 Å². The van der Waals surface area contributed by atoms with Crippen LogP contribution in [-0.2, 0) is 4.79 Å². The molecule has 0 bridgehead atoms. The molecule has 0 fully saturated rings. The van der Waals surface area contributed by atoms with Crippen LogP contribution < -0.4 is 0 Å². The van der Waals surface area contributed by atoms with E-state index in [1.807, 2.05) is 0 Å². The summed E-state index contributed by atoms with van der Waals surface area (Å²) in [6.45, 7) is 1.32. The van der Waals surface area contributed by atoms with Gasteiger partial charge < -0.3 is 5.11 Å². The number of halogens is 1. The van der Waals surface area contributed by atoms with Crippen molar-refractivity contribution in [3.63, 3.8) is 0 Å². The second-order valence-electron chi connectivity index (χ2n) is 2.87. The Morgan fingerprint density at radius 3 is 2.80 bits per heavy atom. The highest BCUT2D eigenvalue weighted by Gasteiger charge is 2.25. The van der Waals surface area contributed by atoms with Gasteiger partial charge in [-0.05, 0) is 6.92 Å². The highest BCUT2D eigenvalue weighted by molar-refractivity contribution is 6.30. The van der Waals surface area contributed by atoms with Gasteiger partial charge in [-0.2, -0.15) is 0 Å². The third-order valence-electron chi connectivity index (χ3n) is 1.84. The van der Waals surface area contributed by atoms with Crippen molar-refractivity contribution in [2.75, 3.05) is 0 Å². The topological polar surface area (TPSA) is 93.3 Å². The standard InChI is InChI=1S/C8H7ClN2O4/c1-4(8(12)13)7-6(11(14)15)2-5(9)3-10-7/h2-4H,1H3,(H,12,13). The molecule has 0 amide bonds. The molecule has 1 aromatic heterocycles. The number of carbonyl (C=O) groups is 1. The first kappa shape index (κ1) is 11.4. The SMILES string of the molecule is CC(C(=O)O)c1ncc(Cl)cc1[N+](=O)[O-]. The lowest BCUT2D eigenvalue weighted by Gasteiger charge is -2.05. The Morgan fingerprint density at radius 2 is 2.33 bits per heavy atom. The molecule has 1 rings (SSSR count). The van der Waals surface area contributed by atoms with Gasteiger partial charge in [0, 0.05) is 12.3 Å². The Morgan fingerprint density at radius 1 is 1.73 bits per heavy atom. The molecular formula is C8H7ClN2O4. The zero-order valence-corrected chi connectivity index (χ0v) is 8.43. The van der Waals surface area contributed by atoms with E-state index in [2.05, 4.69) is 4.98 Å². The van der Waals surface area contributed by atoms with Gasteiger partial charge in [-0.3, -0.25) is 19.9 Å². The van der Waals surface area contributed by atoms with Gasteiger partial charge in [0.2, 0.25) is 0 Å². The molecule has 80 valence electrons. The molecule has 1 aromatic rings. The zero-order chi connectivity index (χ0) is 11.6. The molecule has 15 heavy (non-hydrogen) atoms. The van der Waals surface area contributed by atoms with Crippen LogP contribution in [0.2, 0.25) is 5.02 Å². The molecule has 0 spiro atoms. The van der Waals surface area contributed by atoms with Gasteiger partial charge in [0.15, 0.2) is 0 Å². The summed E-state index contributed by atoms with van der Waals surface area (Å²) in [4.78, 5) is 24.2. The fraction of sp³-hybridized carbons (Fsp3) is 0.250. The second-order valence-corrected chi connectivity index (χ2v) is 3.31. The fourth-order valence-electron chi connectivity index (χ4n) is 1.04. The molecule has 0 aliphatic heterocycles. The van der Waals surface area contributed by atoms with Gasteiger partial charge in [0.1, 0.15) is 11.6 Å². The lowest BCUT2D eigenvalue weighted by molar-refractivity contribution is -0.386. The predicted molar refractivity (Wildman–Crippen MR) is 52.0 cm³/mol. The largest absolute Gasteiger partial charge is 0.481 e. The van der Waals surface area contributed by atoms with E-state index in [1.165, 1.54) is 13.1 Å². The molecular weight excluding hydrogens is 224 g/mol. The van der Waals surface area contributed by atoms with Gasteiger partial charge in [-0.15, -0.1) is 0 Å². The van der Waals surface area contributed by atoms with Gasteiger partial charge in [0.05, 0.1) is 9.95 Å². The van der Waals surface area contributed by atoms with Gasteiger partial charge in [-0.1, -0.05) is 11.6 Å². The molecule has 1 heterocycles. The minimum Gasteiger partial charge on any atom is -0.481 e. The number of hydrogen-bond acceptors (Lipinski definition) is 4. The van der Waals surface area contributed by atoms with Crippen LogP contribution in [0.3, 0.4) is 0 Å². The number of nitrogens with zero attached hydrogens (tertiary/aromatic N) is 2. The predicted octanol–water partition coefficient (Wildman–Crippen LogP) is 1.83. The molecule has 1 N–H and O–H groups in total. The Balaban J connectivity index is 3.28. The van der Waals surface area contributed by atoms with Crippen LogP contribution in [0.25, 0.3) is 0 Å². The van der Waals surface area contributed by atoms with Crippen molar-refractivity contribution in [1.29, 1.82) is 0 Å². The number of carboxylic acids is 1. The minimum absolute atomic E-state index is 0.100. The highest BCUT2D eigenvalue weighted by atomic mass is 35.5. The number of rotatable bonds is 3. The third-order valence-corrected chi connectivity index (χ3v) is 2.05. The van der Waals surface area contributed by atoms with Crippen molar-refractivity contribution in [2.45, 2.75) is 12.8 Å². The monoisotopic (exact) mass is 230 g/mol. The van der Waals surface area contributed by atoms with Crippen LogP contribution in [0.4, 0.5) is 5.69 Å². The van der Waals surface area contributed by atoms with Crippen LogP contribution in [0, 0.1) is 10.1 Å². The maximum absolute atomic E-state index is 10.7. The summed E-state index contributed by atoms with van der Waals surface area (Å²) in [7, 11) is 0. The van der Waals surface area contributed by atoms with E-state index in [4.69, 9.17) is 16.7 Å². The molecule has 0 saturated heterocycles. The average Bonchev–Trinajstić information content (AvgIpc) is 2.16. The van der Waals surface area contributed by atoms with E-state index in [0.29, 0.717) is 0 Å². The Bertz CT molecular complexity index is 421. The Hall–Kier alpha value is -1.69. The maximum Gasteiger partial charge on any atom is 0.312 e. The van der Waals surface area contributed by atoms with Crippen LogP contribution in [0.5, 0.6) is 0 Å². The number of aromatic nitrogens is 1. The minimum atomic E-state index is -1.17. The van der Waals surface area contributed by atoms with E-state index in [1.54, 1.807) is 0 Å². The fourth-order valence-corrected chi connectivity index (χ4v) is 1.19. The average molecular weight is 231 g/mol. The summed E-state index contributed by atoms with van der Waals surface area (Å²) in [5.74, 6) is -2.21. The first-order chi connectivity index (χ1) is 6.93. The number of aliphatic carboxylic acids is 1. The molecule has 0 aliphatic carbocycles. The maximum atomic E-state index is 10.7. The molecule has 0 aliphatic rings. The van der Waals surface area contributed by atoms with Crippen LogP contribution >= 0.6 is 11.6 Å². The van der Waals surface area contributed by atoms with E-state index in [9.17, 15) is 14.9 Å². The van der Waals surface area contributed by atoms with Gasteiger partial charge in [-0.25, -0.2) is 0 Å². The molecule has 1 unspecified atom stereocenters. The van der Waals surface area contributed by atoms with Crippen molar-refractivity contribution < 1.29 is 14.8 Å². The normalized spacial score (nSPS) is 12.1. The Labute approximate surface area is 89.7 Å². The molecule has 0 aromatic carbocycles. The molecule has 0 radical (unpaired) electrons. The van der Waals surface area contributed by atoms with E-state index in [0.717, 1.165) is 6.07 Å². The van der Waals surface area contributed by atoms with E-state index >= 15 is 0 Å². The van der Waals surface area contributed by atoms with Crippen molar-refractivity contribution in [2.24, 2.45) is 0 Å². The number of nitro groups is 1. The van der Waals surface area contributed by atoms with Crippen LogP contribution in [0.15, 0.2) is 12.3 Å². The molecule has 7 heteroatoms. The zero-order valence-electron chi connectivity index (χ0n) is 7.68.